The fourth-order valence-corrected chi connectivity index (χ4v) is 5.30. The quantitative estimate of drug-likeness (QED) is 0.775. The van der Waals surface area contributed by atoms with Gasteiger partial charge in [-0.05, 0) is 51.4 Å². The van der Waals surface area contributed by atoms with Crippen LogP contribution in [0.4, 0.5) is 0 Å². The summed E-state index contributed by atoms with van der Waals surface area (Å²) in [6.07, 6.45) is 6.38. The maximum absolute atomic E-state index is 13.2. The van der Waals surface area contributed by atoms with Gasteiger partial charge in [-0.3, -0.25) is 9.59 Å². The Kier molecular flexibility index (Phi) is 4.89. The Morgan fingerprint density at radius 1 is 1.21 bits per heavy atom. The number of carbonyl (C=O) groups is 1. The van der Waals surface area contributed by atoms with Crippen molar-refractivity contribution in [2.75, 3.05) is 13.1 Å². The number of hydrogen-bond acceptors (Lipinski definition) is 4. The van der Waals surface area contributed by atoms with E-state index in [-0.39, 0.29) is 34.3 Å². The van der Waals surface area contributed by atoms with Gasteiger partial charge < -0.3 is 15.0 Å². The summed E-state index contributed by atoms with van der Waals surface area (Å²) in [5.74, 6) is 1.01. The number of likely N-dealkylation sites (tertiary alicyclic amines) is 1. The van der Waals surface area contributed by atoms with E-state index < -0.39 is 0 Å². The topological polar surface area (TPSA) is 86.3 Å². The number of nitrogens with one attached hydrogen (secondary N) is 1. The third-order valence-electron chi connectivity index (χ3n) is 7.02. The summed E-state index contributed by atoms with van der Waals surface area (Å²) in [5, 5.41) is 9.75. The molecule has 6 nitrogen and oxygen atoms in total. The zero-order valence-electron chi connectivity index (χ0n) is 17.4. The van der Waals surface area contributed by atoms with Crippen molar-refractivity contribution >= 4 is 5.91 Å². The highest BCUT2D eigenvalue weighted by Crippen LogP contribution is 2.44. The van der Waals surface area contributed by atoms with Gasteiger partial charge in [0.1, 0.15) is 5.82 Å². The van der Waals surface area contributed by atoms with Crippen LogP contribution in [0.2, 0.25) is 0 Å². The smallest absolute Gasteiger partial charge is 0.254 e. The van der Waals surface area contributed by atoms with Crippen molar-refractivity contribution in [1.82, 2.24) is 14.9 Å². The Labute approximate surface area is 166 Å². The molecule has 154 valence electrons. The molecule has 1 saturated carbocycles. The van der Waals surface area contributed by atoms with Gasteiger partial charge in [-0.1, -0.05) is 20.8 Å². The van der Waals surface area contributed by atoms with Crippen LogP contribution in [-0.4, -0.2) is 45.1 Å². The lowest BCUT2D eigenvalue weighted by molar-refractivity contribution is -0.139. The average molecular weight is 388 g/mol. The number of fused-ring (bicyclic) bond motifs is 2. The molecule has 0 bridgehead atoms. The fourth-order valence-electron chi connectivity index (χ4n) is 5.30. The molecule has 28 heavy (non-hydrogen) atoms. The number of H-pyrrole nitrogens is 1. The first-order valence-corrected chi connectivity index (χ1v) is 10.8. The van der Waals surface area contributed by atoms with Crippen LogP contribution in [0.1, 0.15) is 82.8 Å². The molecule has 0 aromatic carbocycles. The Bertz CT molecular complexity index is 817. The fraction of sp³-hybridized carbons (Fsp3) is 0.773. The summed E-state index contributed by atoms with van der Waals surface area (Å²) in [7, 11) is 0. The second-order valence-electron chi connectivity index (χ2n) is 10.1. The van der Waals surface area contributed by atoms with Crippen LogP contribution in [0.15, 0.2) is 4.79 Å². The van der Waals surface area contributed by atoms with Gasteiger partial charge in [0.25, 0.3) is 5.56 Å². The molecule has 2 fully saturated rings. The molecule has 2 heterocycles. The number of piperidine rings is 1. The Balaban J connectivity index is 1.61. The van der Waals surface area contributed by atoms with Gasteiger partial charge in [-0.2, -0.15) is 0 Å². The van der Waals surface area contributed by atoms with E-state index in [1.807, 2.05) is 4.90 Å². The third-order valence-corrected chi connectivity index (χ3v) is 7.02. The predicted molar refractivity (Wildman–Crippen MR) is 107 cm³/mol. The van der Waals surface area contributed by atoms with Crippen LogP contribution in [-0.2, 0) is 22.0 Å². The van der Waals surface area contributed by atoms with E-state index in [0.29, 0.717) is 6.54 Å². The van der Waals surface area contributed by atoms with Crippen LogP contribution in [0, 0.1) is 5.92 Å². The highest BCUT2D eigenvalue weighted by Gasteiger charge is 2.46. The van der Waals surface area contributed by atoms with Crippen molar-refractivity contribution in [3.8, 4) is 0 Å². The second kappa shape index (κ2) is 6.97. The molecule has 3 aliphatic rings. The highest BCUT2D eigenvalue weighted by atomic mass is 16.3. The number of aliphatic hydroxyl groups is 1. The van der Waals surface area contributed by atoms with Gasteiger partial charge in [-0.25, -0.2) is 4.98 Å². The molecule has 1 aliphatic heterocycles. The van der Waals surface area contributed by atoms with E-state index in [0.717, 1.165) is 75.0 Å². The van der Waals surface area contributed by atoms with Crippen LogP contribution in [0.25, 0.3) is 0 Å². The van der Waals surface area contributed by atoms with Crippen molar-refractivity contribution < 1.29 is 9.90 Å². The van der Waals surface area contributed by atoms with Gasteiger partial charge in [0.05, 0.1) is 11.8 Å². The van der Waals surface area contributed by atoms with E-state index in [9.17, 15) is 14.7 Å². The first-order chi connectivity index (χ1) is 13.2. The molecule has 0 radical (unpaired) electrons. The van der Waals surface area contributed by atoms with Crippen LogP contribution < -0.4 is 5.56 Å². The Morgan fingerprint density at radius 3 is 2.61 bits per heavy atom. The minimum atomic E-state index is -0.245. The van der Waals surface area contributed by atoms with Gasteiger partial charge in [0.15, 0.2) is 0 Å². The minimum absolute atomic E-state index is 0.00322. The van der Waals surface area contributed by atoms with Crippen molar-refractivity contribution in [3.63, 3.8) is 0 Å². The average Bonchev–Trinajstić information content (AvgIpc) is 3.00. The molecular formula is C22H33N3O3. The Morgan fingerprint density at radius 2 is 1.93 bits per heavy atom. The summed E-state index contributed by atoms with van der Waals surface area (Å²) >= 11 is 0. The van der Waals surface area contributed by atoms with E-state index in [1.54, 1.807) is 0 Å². The molecule has 2 N–H and O–H groups in total. The number of amides is 1. The van der Waals surface area contributed by atoms with Crippen molar-refractivity contribution in [2.45, 2.75) is 89.1 Å². The minimum Gasteiger partial charge on any atom is -0.393 e. The number of aromatic amines is 1. The summed E-state index contributed by atoms with van der Waals surface area (Å²) in [6.45, 7) is 7.66. The number of aromatic nitrogens is 2. The summed E-state index contributed by atoms with van der Waals surface area (Å²) in [5.41, 5.74) is 1.37. The predicted octanol–water partition coefficient (Wildman–Crippen LogP) is 2.42. The molecular weight excluding hydrogens is 354 g/mol. The summed E-state index contributed by atoms with van der Waals surface area (Å²) in [4.78, 5) is 35.8. The number of carbonyl (C=O) groups excluding carboxylic acids is 1. The normalized spacial score (nSPS) is 30.5. The maximum atomic E-state index is 13.2. The standard InChI is InChI=1S/C22H33N3O3/c1-21(2,3)20-23-17-16(18(27)24-20)9-11-22(17)10-4-12-25(13-22)19(28)14-5-7-15(26)8-6-14/h14-15,26H,4-13H2,1-3H3,(H,23,24,27). The number of rotatable bonds is 1. The van der Waals surface area contributed by atoms with Gasteiger partial charge in [-0.15, -0.1) is 0 Å². The van der Waals surface area contributed by atoms with Crippen molar-refractivity contribution in [2.24, 2.45) is 5.92 Å². The number of hydrogen-bond donors (Lipinski definition) is 2. The van der Waals surface area contributed by atoms with Crippen LogP contribution >= 0.6 is 0 Å². The van der Waals surface area contributed by atoms with Crippen LogP contribution in [0.3, 0.4) is 0 Å². The molecule has 1 unspecified atom stereocenters. The van der Waals surface area contributed by atoms with Crippen LogP contribution in [0.5, 0.6) is 0 Å². The molecule has 1 aromatic rings. The lowest BCUT2D eigenvalue weighted by atomic mass is 9.76. The zero-order chi connectivity index (χ0) is 20.1. The maximum Gasteiger partial charge on any atom is 0.254 e. The van der Waals surface area contributed by atoms with E-state index in [2.05, 4.69) is 25.8 Å². The molecule has 1 spiro atoms. The van der Waals surface area contributed by atoms with E-state index in [1.165, 1.54) is 0 Å². The van der Waals surface area contributed by atoms with Crippen molar-refractivity contribution in [1.29, 1.82) is 0 Å². The molecule has 1 aromatic heterocycles. The first kappa shape index (κ1) is 19.6. The largest absolute Gasteiger partial charge is 0.393 e. The van der Waals surface area contributed by atoms with Crippen molar-refractivity contribution in [3.05, 3.63) is 27.4 Å². The summed E-state index contributed by atoms with van der Waals surface area (Å²) < 4.78 is 0. The lowest BCUT2D eigenvalue weighted by Gasteiger charge is -2.42. The van der Waals surface area contributed by atoms with Gasteiger partial charge in [0, 0.05) is 35.4 Å². The van der Waals surface area contributed by atoms with Gasteiger partial charge >= 0.3 is 0 Å². The van der Waals surface area contributed by atoms with E-state index >= 15 is 0 Å². The van der Waals surface area contributed by atoms with E-state index in [4.69, 9.17) is 4.98 Å². The number of aliphatic hydroxyl groups excluding tert-OH is 1. The molecule has 1 atom stereocenters. The zero-order valence-corrected chi connectivity index (χ0v) is 17.4. The molecule has 6 heteroatoms. The Hall–Kier alpha value is -1.69. The monoisotopic (exact) mass is 387 g/mol. The lowest BCUT2D eigenvalue weighted by Crippen LogP contribution is -2.50. The molecule has 1 saturated heterocycles. The third kappa shape index (κ3) is 3.40. The molecule has 1 amide bonds. The first-order valence-electron chi connectivity index (χ1n) is 10.8. The number of nitrogens with zero attached hydrogens (tertiary/aromatic N) is 2. The van der Waals surface area contributed by atoms with Gasteiger partial charge in [0.2, 0.25) is 5.91 Å². The SMILES string of the molecule is CC(C)(C)c1nc2c(c(=O)[nH]1)CCC21CCCN(C(=O)C2CCC(O)CC2)C1. The second-order valence-corrected chi connectivity index (χ2v) is 10.1. The summed E-state index contributed by atoms with van der Waals surface area (Å²) in [6, 6.07) is 0. The molecule has 4 rings (SSSR count). The molecule has 2 aliphatic carbocycles. The highest BCUT2D eigenvalue weighted by molar-refractivity contribution is 5.79.